The fourth-order valence-electron chi connectivity index (χ4n) is 0.941. The van der Waals surface area contributed by atoms with E-state index in [1.807, 2.05) is 0 Å². The number of hydrogen-bond acceptors (Lipinski definition) is 3. The zero-order valence-corrected chi connectivity index (χ0v) is 5.21. The van der Waals surface area contributed by atoms with E-state index in [2.05, 4.69) is 6.07 Å². The highest BCUT2D eigenvalue weighted by atomic mass is 16.5. The summed E-state index contributed by atoms with van der Waals surface area (Å²) in [6.45, 7) is 0.708. The molecule has 2 atom stereocenters. The van der Waals surface area contributed by atoms with Crippen LogP contribution in [-0.2, 0) is 4.74 Å². The van der Waals surface area contributed by atoms with E-state index in [-0.39, 0.29) is 12.1 Å². The molecule has 2 N–H and O–H groups in total. The van der Waals surface area contributed by atoms with Crippen molar-refractivity contribution in [2.24, 2.45) is 11.7 Å². The summed E-state index contributed by atoms with van der Waals surface area (Å²) < 4.78 is 5.04. The Morgan fingerprint density at radius 3 is 2.89 bits per heavy atom. The van der Waals surface area contributed by atoms with E-state index < -0.39 is 0 Å². The molecule has 0 aliphatic carbocycles. The van der Waals surface area contributed by atoms with E-state index in [9.17, 15) is 0 Å². The van der Waals surface area contributed by atoms with Gasteiger partial charge in [0.1, 0.15) is 6.23 Å². The predicted octanol–water partition coefficient (Wildman–Crippen LogP) is 0.221. The summed E-state index contributed by atoms with van der Waals surface area (Å²) in [6.07, 6.45) is 1.51. The first-order valence-corrected chi connectivity index (χ1v) is 3.11. The van der Waals surface area contributed by atoms with Crippen LogP contribution >= 0.6 is 0 Å². The van der Waals surface area contributed by atoms with Gasteiger partial charge in [-0.1, -0.05) is 0 Å². The number of nitriles is 1. The summed E-state index contributed by atoms with van der Waals surface area (Å²) in [4.78, 5) is 0. The Morgan fingerprint density at radius 1 is 1.67 bits per heavy atom. The molecule has 1 aliphatic rings. The van der Waals surface area contributed by atoms with Gasteiger partial charge in [-0.15, -0.1) is 0 Å². The van der Waals surface area contributed by atoms with Gasteiger partial charge in [-0.05, 0) is 12.8 Å². The number of ether oxygens (including phenoxy) is 1. The molecular formula is C6H10N2O. The SMILES string of the molecule is N#CC1CCCOC1N. The molecule has 0 radical (unpaired) electrons. The van der Waals surface area contributed by atoms with Crippen LogP contribution in [-0.4, -0.2) is 12.8 Å². The molecule has 0 saturated carbocycles. The second kappa shape index (κ2) is 2.81. The molecule has 1 rings (SSSR count). The van der Waals surface area contributed by atoms with Crippen LogP contribution in [0.3, 0.4) is 0 Å². The fourth-order valence-corrected chi connectivity index (χ4v) is 0.941. The van der Waals surface area contributed by atoms with E-state index in [0.29, 0.717) is 6.61 Å². The zero-order chi connectivity index (χ0) is 6.69. The van der Waals surface area contributed by atoms with Crippen molar-refractivity contribution in [1.82, 2.24) is 0 Å². The van der Waals surface area contributed by atoms with Gasteiger partial charge in [-0.3, -0.25) is 0 Å². The maximum Gasteiger partial charge on any atom is 0.121 e. The quantitative estimate of drug-likeness (QED) is 0.505. The van der Waals surface area contributed by atoms with Crippen molar-refractivity contribution >= 4 is 0 Å². The second-order valence-corrected chi connectivity index (χ2v) is 2.21. The van der Waals surface area contributed by atoms with Crippen molar-refractivity contribution < 1.29 is 4.74 Å². The largest absolute Gasteiger partial charge is 0.362 e. The smallest absolute Gasteiger partial charge is 0.121 e. The van der Waals surface area contributed by atoms with Crippen molar-refractivity contribution in [1.29, 1.82) is 5.26 Å². The summed E-state index contributed by atoms with van der Waals surface area (Å²) in [5.74, 6) is -0.0845. The number of rotatable bonds is 0. The molecule has 1 fully saturated rings. The van der Waals surface area contributed by atoms with E-state index in [0.717, 1.165) is 12.8 Å². The minimum atomic E-state index is -0.344. The van der Waals surface area contributed by atoms with Crippen molar-refractivity contribution in [2.75, 3.05) is 6.61 Å². The second-order valence-electron chi connectivity index (χ2n) is 2.21. The molecule has 0 spiro atoms. The lowest BCUT2D eigenvalue weighted by Crippen LogP contribution is -2.36. The number of nitrogens with two attached hydrogens (primary N) is 1. The van der Waals surface area contributed by atoms with Gasteiger partial charge in [0.25, 0.3) is 0 Å². The third-order valence-electron chi connectivity index (χ3n) is 1.53. The maximum atomic E-state index is 8.45. The van der Waals surface area contributed by atoms with E-state index in [4.69, 9.17) is 15.7 Å². The highest BCUT2D eigenvalue weighted by Crippen LogP contribution is 2.15. The van der Waals surface area contributed by atoms with Crippen LogP contribution < -0.4 is 5.73 Å². The number of nitrogens with zero attached hydrogens (tertiary/aromatic N) is 1. The lowest BCUT2D eigenvalue weighted by Gasteiger charge is -2.22. The first-order chi connectivity index (χ1) is 4.34. The van der Waals surface area contributed by atoms with Gasteiger partial charge in [-0.2, -0.15) is 5.26 Å². The van der Waals surface area contributed by atoms with Crippen molar-refractivity contribution in [3.63, 3.8) is 0 Å². The highest BCUT2D eigenvalue weighted by molar-refractivity contribution is 4.88. The van der Waals surface area contributed by atoms with Gasteiger partial charge in [0.05, 0.1) is 12.0 Å². The van der Waals surface area contributed by atoms with Crippen LogP contribution in [0.25, 0.3) is 0 Å². The zero-order valence-electron chi connectivity index (χ0n) is 5.21. The average molecular weight is 126 g/mol. The van der Waals surface area contributed by atoms with Crippen LogP contribution in [0, 0.1) is 17.2 Å². The van der Waals surface area contributed by atoms with Gasteiger partial charge >= 0.3 is 0 Å². The topological polar surface area (TPSA) is 59.0 Å². The third-order valence-corrected chi connectivity index (χ3v) is 1.53. The standard InChI is InChI=1S/C6H10N2O/c7-4-5-2-1-3-9-6(5)8/h5-6H,1-3,8H2. The molecule has 2 unspecified atom stereocenters. The Bertz CT molecular complexity index is 130. The van der Waals surface area contributed by atoms with E-state index >= 15 is 0 Å². The van der Waals surface area contributed by atoms with Crippen LogP contribution in [0.4, 0.5) is 0 Å². The predicted molar refractivity (Wildman–Crippen MR) is 32.3 cm³/mol. The molecule has 1 aliphatic heterocycles. The summed E-state index contributed by atoms with van der Waals surface area (Å²) in [6, 6.07) is 2.10. The molecule has 50 valence electrons. The molecule has 0 aromatic rings. The molecule has 0 aromatic heterocycles. The van der Waals surface area contributed by atoms with Gasteiger partial charge in [0.2, 0.25) is 0 Å². The van der Waals surface area contributed by atoms with Crippen molar-refractivity contribution in [3.05, 3.63) is 0 Å². The Hall–Kier alpha value is -0.590. The summed E-state index contributed by atoms with van der Waals surface area (Å²) in [5.41, 5.74) is 5.44. The van der Waals surface area contributed by atoms with Crippen LogP contribution in [0.2, 0.25) is 0 Å². The van der Waals surface area contributed by atoms with Crippen LogP contribution in [0.15, 0.2) is 0 Å². The van der Waals surface area contributed by atoms with Gasteiger partial charge in [0, 0.05) is 6.61 Å². The lowest BCUT2D eigenvalue weighted by molar-refractivity contribution is -0.00399. The average Bonchev–Trinajstić information content (AvgIpc) is 1.89. The van der Waals surface area contributed by atoms with Crippen molar-refractivity contribution in [2.45, 2.75) is 19.1 Å². The maximum absolute atomic E-state index is 8.45. The van der Waals surface area contributed by atoms with Gasteiger partial charge in [0.15, 0.2) is 0 Å². The Morgan fingerprint density at radius 2 is 2.44 bits per heavy atom. The Labute approximate surface area is 54.4 Å². The highest BCUT2D eigenvalue weighted by Gasteiger charge is 2.21. The van der Waals surface area contributed by atoms with Crippen LogP contribution in [0.1, 0.15) is 12.8 Å². The van der Waals surface area contributed by atoms with Crippen molar-refractivity contribution in [3.8, 4) is 6.07 Å². The first-order valence-electron chi connectivity index (χ1n) is 3.11. The van der Waals surface area contributed by atoms with E-state index in [1.165, 1.54) is 0 Å². The summed E-state index contributed by atoms with van der Waals surface area (Å²) in [7, 11) is 0. The molecule has 1 heterocycles. The molecule has 3 nitrogen and oxygen atoms in total. The lowest BCUT2D eigenvalue weighted by atomic mass is 10.0. The molecule has 0 amide bonds. The fraction of sp³-hybridized carbons (Fsp3) is 0.833. The monoisotopic (exact) mass is 126 g/mol. The van der Waals surface area contributed by atoms with E-state index in [1.54, 1.807) is 0 Å². The summed E-state index contributed by atoms with van der Waals surface area (Å²) in [5, 5.41) is 8.45. The third kappa shape index (κ3) is 1.41. The molecule has 1 saturated heterocycles. The molecule has 9 heavy (non-hydrogen) atoms. The molecule has 3 heteroatoms. The first kappa shape index (κ1) is 6.53. The van der Waals surface area contributed by atoms with Gasteiger partial charge in [-0.25, -0.2) is 0 Å². The normalized spacial score (nSPS) is 35.6. The van der Waals surface area contributed by atoms with Crippen LogP contribution in [0.5, 0.6) is 0 Å². The Balaban J connectivity index is 2.41. The number of hydrogen-bond donors (Lipinski definition) is 1. The Kier molecular flexibility index (Phi) is 2.04. The molecule has 0 bridgehead atoms. The van der Waals surface area contributed by atoms with Gasteiger partial charge < -0.3 is 10.5 Å². The summed E-state index contributed by atoms with van der Waals surface area (Å²) >= 11 is 0. The minimum Gasteiger partial charge on any atom is -0.362 e. The molecule has 0 aromatic carbocycles. The minimum absolute atomic E-state index is 0.0845. The molecular weight excluding hydrogens is 116 g/mol.